The number of hydrogen-bond acceptors (Lipinski definition) is 1. The van der Waals surface area contributed by atoms with Crippen LogP contribution in [0.3, 0.4) is 0 Å². The number of benzene rings is 1. The molecule has 0 N–H and O–H groups in total. The lowest BCUT2D eigenvalue weighted by molar-refractivity contribution is 0.346. The van der Waals surface area contributed by atoms with Crippen molar-refractivity contribution < 1.29 is 10.2 Å². The van der Waals surface area contributed by atoms with Gasteiger partial charge in [-0.15, -0.1) is 0 Å². The highest BCUT2D eigenvalue weighted by atomic mass is 19.1. The maximum absolute atomic E-state index is 13.5. The fraction of sp³-hybridized carbons (Fsp3) is 0.533. The molecule has 1 nitrogen and oxygen atoms in total. The highest BCUT2D eigenvalue weighted by Crippen LogP contribution is 2.36. The molecule has 1 aromatic carbocycles. The van der Waals surface area contributed by atoms with Crippen molar-refractivity contribution in [3.63, 3.8) is 0 Å². The average molecular weight is 253 g/mol. The van der Waals surface area contributed by atoms with Crippen LogP contribution in [0.4, 0.5) is 8.78 Å². The van der Waals surface area contributed by atoms with E-state index in [1.165, 1.54) is 12.1 Å². The molecule has 3 heteroatoms. The summed E-state index contributed by atoms with van der Waals surface area (Å²) in [5.74, 6) is -0.524. The molecule has 0 unspecified atom stereocenters. The molecular formula is C15H21F2N. The predicted octanol–water partition coefficient (Wildman–Crippen LogP) is 5.01. The Hall–Kier alpha value is -1.43. The number of nitriles is 1. The molecule has 0 atom stereocenters. The predicted molar refractivity (Wildman–Crippen MR) is 70.3 cm³/mol. The van der Waals surface area contributed by atoms with Gasteiger partial charge in [0.15, 0.2) is 0 Å². The van der Waals surface area contributed by atoms with E-state index in [1.807, 2.05) is 0 Å². The zero-order valence-corrected chi connectivity index (χ0v) is 9.84. The molecule has 100 valence electrons. The molecule has 0 aromatic heterocycles. The van der Waals surface area contributed by atoms with Crippen LogP contribution >= 0.6 is 0 Å². The van der Waals surface area contributed by atoms with E-state index in [0.29, 0.717) is 11.5 Å². The van der Waals surface area contributed by atoms with Gasteiger partial charge in [-0.2, -0.15) is 5.26 Å². The Morgan fingerprint density at radius 2 is 1.67 bits per heavy atom. The van der Waals surface area contributed by atoms with E-state index in [1.54, 1.807) is 6.07 Å². The standard InChI is InChI=1S/C14H15F2N.CH4.H2/c1-9-2-4-10(5-3-9)11-6-13(15)12(8-17)14(16)7-11;;/h6-7,9-10H,2-5H2,1H3;1H4;1H. The van der Waals surface area contributed by atoms with Gasteiger partial charge in [0, 0.05) is 1.43 Å². The summed E-state index contributed by atoms with van der Waals surface area (Å²) in [7, 11) is 0. The Balaban J connectivity index is 0.00000162. The summed E-state index contributed by atoms with van der Waals surface area (Å²) in [4.78, 5) is 0. The van der Waals surface area contributed by atoms with Gasteiger partial charge in [-0.05, 0) is 42.4 Å². The first kappa shape index (κ1) is 14.6. The van der Waals surface area contributed by atoms with E-state index in [0.717, 1.165) is 25.7 Å². The molecule has 2 rings (SSSR count). The molecule has 0 bridgehead atoms. The molecule has 1 aliphatic rings. The van der Waals surface area contributed by atoms with Crippen molar-refractivity contribution in [2.45, 2.75) is 46.0 Å². The van der Waals surface area contributed by atoms with Gasteiger partial charge >= 0.3 is 0 Å². The summed E-state index contributed by atoms with van der Waals surface area (Å²) < 4.78 is 27.0. The van der Waals surface area contributed by atoms with Gasteiger partial charge in [0.1, 0.15) is 23.3 Å². The van der Waals surface area contributed by atoms with E-state index in [9.17, 15) is 8.78 Å². The maximum Gasteiger partial charge on any atom is 0.144 e. The van der Waals surface area contributed by atoms with Crippen molar-refractivity contribution >= 4 is 0 Å². The second-order valence-corrected chi connectivity index (χ2v) is 4.93. The molecule has 18 heavy (non-hydrogen) atoms. The summed E-state index contributed by atoms with van der Waals surface area (Å²) in [6, 6.07) is 4.19. The summed E-state index contributed by atoms with van der Waals surface area (Å²) in [6.07, 6.45) is 4.17. The number of nitrogens with zero attached hydrogens (tertiary/aromatic N) is 1. The summed E-state index contributed by atoms with van der Waals surface area (Å²) in [5.41, 5.74) is 0.226. The first-order valence-corrected chi connectivity index (χ1v) is 6.01. The molecule has 0 amide bonds. The Morgan fingerprint density at radius 1 is 1.17 bits per heavy atom. The third-order valence-electron chi connectivity index (χ3n) is 3.66. The zero-order chi connectivity index (χ0) is 12.4. The third kappa shape index (κ3) is 2.87. The van der Waals surface area contributed by atoms with Gasteiger partial charge in [0.25, 0.3) is 0 Å². The van der Waals surface area contributed by atoms with E-state index in [2.05, 4.69) is 6.92 Å². The molecule has 1 aliphatic carbocycles. The highest BCUT2D eigenvalue weighted by molar-refractivity contribution is 5.36. The monoisotopic (exact) mass is 253 g/mol. The lowest BCUT2D eigenvalue weighted by Gasteiger charge is -2.26. The Bertz CT molecular complexity index is 437. The maximum atomic E-state index is 13.5. The second-order valence-electron chi connectivity index (χ2n) is 4.93. The minimum atomic E-state index is -0.735. The lowest BCUT2D eigenvalue weighted by Crippen LogP contribution is -2.11. The van der Waals surface area contributed by atoms with Gasteiger partial charge in [-0.25, -0.2) is 8.78 Å². The van der Waals surface area contributed by atoms with E-state index in [4.69, 9.17) is 5.26 Å². The molecule has 1 aromatic rings. The van der Waals surface area contributed by atoms with Gasteiger partial charge in [-0.1, -0.05) is 27.2 Å². The van der Waals surface area contributed by atoms with Crippen LogP contribution in [0.25, 0.3) is 0 Å². The minimum absolute atomic E-state index is 0. The van der Waals surface area contributed by atoms with Crippen LogP contribution in [-0.4, -0.2) is 0 Å². The van der Waals surface area contributed by atoms with E-state index in [-0.39, 0.29) is 14.8 Å². The Kier molecular flexibility index (Phi) is 4.84. The lowest BCUT2D eigenvalue weighted by atomic mass is 9.79. The molecule has 0 heterocycles. The molecule has 0 radical (unpaired) electrons. The van der Waals surface area contributed by atoms with Crippen molar-refractivity contribution in [1.82, 2.24) is 0 Å². The molecule has 0 saturated heterocycles. The largest absolute Gasteiger partial charge is 0.205 e. The van der Waals surface area contributed by atoms with Crippen LogP contribution in [0.2, 0.25) is 0 Å². The van der Waals surface area contributed by atoms with Crippen molar-refractivity contribution in [3.8, 4) is 6.07 Å². The molecule has 0 aliphatic heterocycles. The summed E-state index contributed by atoms with van der Waals surface area (Å²) >= 11 is 0. The van der Waals surface area contributed by atoms with Crippen molar-refractivity contribution in [2.24, 2.45) is 5.92 Å². The van der Waals surface area contributed by atoms with Crippen LogP contribution in [0, 0.1) is 28.9 Å². The van der Waals surface area contributed by atoms with Gasteiger partial charge < -0.3 is 0 Å². The number of halogens is 2. The third-order valence-corrected chi connectivity index (χ3v) is 3.66. The number of hydrogen-bond donors (Lipinski definition) is 0. The topological polar surface area (TPSA) is 23.8 Å². The molecule has 1 saturated carbocycles. The second kappa shape index (κ2) is 5.95. The fourth-order valence-corrected chi connectivity index (χ4v) is 2.53. The van der Waals surface area contributed by atoms with E-state index >= 15 is 0 Å². The molecule has 1 fully saturated rings. The van der Waals surface area contributed by atoms with Crippen LogP contribution < -0.4 is 0 Å². The SMILES string of the molecule is C.CC1CCC(c2cc(F)c(C#N)c(F)c2)CC1.[HH]. The quantitative estimate of drug-likeness (QED) is 0.690. The van der Waals surface area contributed by atoms with Gasteiger partial charge in [0.05, 0.1) is 0 Å². The normalized spacial score (nSPS) is 23.0. The highest BCUT2D eigenvalue weighted by Gasteiger charge is 2.22. The molecular weight excluding hydrogens is 232 g/mol. The zero-order valence-electron chi connectivity index (χ0n) is 9.84. The van der Waals surface area contributed by atoms with Crippen LogP contribution in [0.5, 0.6) is 0 Å². The first-order chi connectivity index (χ1) is 8.11. The van der Waals surface area contributed by atoms with Crippen LogP contribution in [0.1, 0.15) is 58.5 Å². The van der Waals surface area contributed by atoms with E-state index < -0.39 is 17.2 Å². The van der Waals surface area contributed by atoms with Gasteiger partial charge in [0.2, 0.25) is 0 Å². The molecule has 0 spiro atoms. The smallest absolute Gasteiger partial charge is 0.144 e. The summed E-state index contributed by atoms with van der Waals surface area (Å²) in [5, 5.41) is 8.61. The first-order valence-electron chi connectivity index (χ1n) is 6.01. The number of rotatable bonds is 1. The Labute approximate surface area is 109 Å². The van der Waals surface area contributed by atoms with Crippen molar-refractivity contribution in [1.29, 1.82) is 5.26 Å². The van der Waals surface area contributed by atoms with Crippen molar-refractivity contribution in [3.05, 3.63) is 34.9 Å². The average Bonchev–Trinajstić information content (AvgIpc) is 2.29. The van der Waals surface area contributed by atoms with Gasteiger partial charge in [-0.3, -0.25) is 0 Å². The van der Waals surface area contributed by atoms with Crippen LogP contribution in [-0.2, 0) is 0 Å². The Morgan fingerprint density at radius 3 is 2.11 bits per heavy atom. The fourth-order valence-electron chi connectivity index (χ4n) is 2.53. The van der Waals surface area contributed by atoms with Crippen molar-refractivity contribution in [2.75, 3.05) is 0 Å². The van der Waals surface area contributed by atoms with Crippen LogP contribution in [0.15, 0.2) is 12.1 Å². The minimum Gasteiger partial charge on any atom is -0.205 e. The summed E-state index contributed by atoms with van der Waals surface area (Å²) in [6.45, 7) is 2.20.